The zero-order valence-corrected chi connectivity index (χ0v) is 15.0. The zero-order chi connectivity index (χ0) is 18.9. The van der Waals surface area contributed by atoms with Crippen LogP contribution in [0.2, 0.25) is 0 Å². The van der Waals surface area contributed by atoms with Crippen LogP contribution in [0.25, 0.3) is 0 Å². The number of benzene rings is 2. The monoisotopic (exact) mass is 358 g/mol. The van der Waals surface area contributed by atoms with Crippen LogP contribution in [0.5, 0.6) is 5.75 Å². The van der Waals surface area contributed by atoms with Gasteiger partial charge in [0.25, 0.3) is 5.91 Å². The second-order valence-corrected chi connectivity index (χ2v) is 5.95. The summed E-state index contributed by atoms with van der Waals surface area (Å²) in [5.41, 5.74) is 0.818. The van der Waals surface area contributed by atoms with Gasteiger partial charge < -0.3 is 15.0 Å². The Balaban J connectivity index is 1.89. The third-order valence-electron chi connectivity index (χ3n) is 3.70. The second kappa shape index (κ2) is 9.56. The Kier molecular flexibility index (Phi) is 7.14. The normalized spacial score (nSPS) is 10.3. The highest BCUT2D eigenvalue weighted by Crippen LogP contribution is 2.14. The van der Waals surface area contributed by atoms with Crippen LogP contribution < -0.4 is 10.1 Å². The third-order valence-corrected chi connectivity index (χ3v) is 3.70. The predicted octanol–water partition coefficient (Wildman–Crippen LogP) is 3.72. The van der Waals surface area contributed by atoms with Crippen LogP contribution in [0, 0.1) is 5.82 Å². The molecule has 2 amide bonds. The molecule has 2 rings (SSSR count). The van der Waals surface area contributed by atoms with E-state index in [1.165, 1.54) is 23.1 Å². The number of carbonyl (C=O) groups is 2. The lowest BCUT2D eigenvalue weighted by Gasteiger charge is -2.17. The lowest BCUT2D eigenvalue weighted by Crippen LogP contribution is -2.34. The van der Waals surface area contributed by atoms with E-state index in [9.17, 15) is 14.0 Å². The first-order chi connectivity index (χ1) is 12.5. The molecule has 2 aromatic rings. The van der Waals surface area contributed by atoms with Gasteiger partial charge >= 0.3 is 0 Å². The molecule has 0 atom stereocenters. The van der Waals surface area contributed by atoms with Crippen molar-refractivity contribution in [2.75, 3.05) is 25.5 Å². The summed E-state index contributed by atoms with van der Waals surface area (Å²) in [6, 6.07) is 12.4. The van der Waals surface area contributed by atoms with Crippen molar-refractivity contribution in [1.29, 1.82) is 0 Å². The Bertz CT molecular complexity index is 747. The van der Waals surface area contributed by atoms with Crippen LogP contribution in [0.1, 0.15) is 30.1 Å². The van der Waals surface area contributed by atoms with Gasteiger partial charge in [0, 0.05) is 18.3 Å². The van der Waals surface area contributed by atoms with E-state index in [-0.39, 0.29) is 12.5 Å². The summed E-state index contributed by atoms with van der Waals surface area (Å²) >= 11 is 0. The molecule has 0 saturated heterocycles. The average Bonchev–Trinajstić information content (AvgIpc) is 2.62. The molecule has 0 radical (unpaired) electrons. The summed E-state index contributed by atoms with van der Waals surface area (Å²) in [6.07, 6.45) is 2.03. The smallest absolute Gasteiger partial charge is 0.254 e. The zero-order valence-electron chi connectivity index (χ0n) is 15.0. The van der Waals surface area contributed by atoms with Crippen molar-refractivity contribution in [3.8, 4) is 5.75 Å². The summed E-state index contributed by atoms with van der Waals surface area (Å²) in [4.78, 5) is 25.7. The summed E-state index contributed by atoms with van der Waals surface area (Å²) in [5, 5.41) is 2.56. The Hall–Kier alpha value is -2.89. The first-order valence-electron chi connectivity index (χ1n) is 8.53. The molecule has 26 heavy (non-hydrogen) atoms. The van der Waals surface area contributed by atoms with Gasteiger partial charge in [-0.15, -0.1) is 0 Å². The van der Waals surface area contributed by atoms with E-state index < -0.39 is 11.7 Å². The largest absolute Gasteiger partial charge is 0.494 e. The van der Waals surface area contributed by atoms with Crippen LogP contribution in [0.3, 0.4) is 0 Å². The van der Waals surface area contributed by atoms with Crippen molar-refractivity contribution in [1.82, 2.24) is 4.90 Å². The van der Waals surface area contributed by atoms with Crippen LogP contribution in [-0.4, -0.2) is 36.9 Å². The average molecular weight is 358 g/mol. The van der Waals surface area contributed by atoms with Gasteiger partial charge in [-0.2, -0.15) is 0 Å². The molecular weight excluding hydrogens is 335 g/mol. The maximum Gasteiger partial charge on any atom is 0.254 e. The molecule has 0 aliphatic rings. The molecule has 2 aromatic carbocycles. The molecule has 6 heteroatoms. The number of nitrogens with one attached hydrogen (secondary N) is 1. The molecule has 0 bridgehead atoms. The number of unbranched alkanes of at least 4 members (excludes halogenated alkanes) is 1. The molecule has 0 aliphatic heterocycles. The van der Waals surface area contributed by atoms with E-state index in [1.807, 2.05) is 0 Å². The highest BCUT2D eigenvalue weighted by molar-refractivity contribution is 5.99. The Labute approximate surface area is 152 Å². The fourth-order valence-electron chi connectivity index (χ4n) is 2.30. The van der Waals surface area contributed by atoms with Crippen LogP contribution in [0.15, 0.2) is 48.5 Å². The first-order valence-corrected chi connectivity index (χ1v) is 8.53. The van der Waals surface area contributed by atoms with Gasteiger partial charge in [0.1, 0.15) is 11.6 Å². The fourth-order valence-corrected chi connectivity index (χ4v) is 2.30. The van der Waals surface area contributed by atoms with Crippen LogP contribution in [-0.2, 0) is 4.79 Å². The molecular formula is C20H23FN2O3. The maximum atomic E-state index is 13.1. The number of rotatable bonds is 8. The molecule has 0 aromatic heterocycles. The third kappa shape index (κ3) is 5.88. The van der Waals surface area contributed by atoms with E-state index in [1.54, 1.807) is 37.4 Å². The SMILES string of the molecule is CCCCOc1ccc(C(=O)N(C)CC(=O)Nc2cccc(F)c2)cc1. The van der Waals surface area contributed by atoms with Crippen molar-refractivity contribution in [3.63, 3.8) is 0 Å². The van der Waals surface area contributed by atoms with Crippen LogP contribution in [0.4, 0.5) is 10.1 Å². The molecule has 5 nitrogen and oxygen atoms in total. The first kappa shape index (κ1) is 19.4. The van der Waals surface area contributed by atoms with Crippen molar-refractivity contribution >= 4 is 17.5 Å². The molecule has 0 unspecified atom stereocenters. The quantitative estimate of drug-likeness (QED) is 0.732. The Morgan fingerprint density at radius 3 is 2.54 bits per heavy atom. The lowest BCUT2D eigenvalue weighted by atomic mass is 10.2. The van der Waals surface area contributed by atoms with E-state index in [4.69, 9.17) is 4.74 Å². The van der Waals surface area contributed by atoms with Gasteiger partial charge in [-0.1, -0.05) is 19.4 Å². The minimum absolute atomic E-state index is 0.135. The van der Waals surface area contributed by atoms with Gasteiger partial charge in [0.15, 0.2) is 0 Å². The van der Waals surface area contributed by atoms with Gasteiger partial charge in [0.05, 0.1) is 13.2 Å². The minimum Gasteiger partial charge on any atom is -0.494 e. The Morgan fingerprint density at radius 1 is 1.15 bits per heavy atom. The maximum absolute atomic E-state index is 13.1. The predicted molar refractivity (Wildman–Crippen MR) is 98.8 cm³/mol. The van der Waals surface area contributed by atoms with Gasteiger partial charge in [0.2, 0.25) is 5.91 Å². The number of anilines is 1. The number of likely N-dealkylation sites (N-methyl/N-ethyl adjacent to an activating group) is 1. The molecule has 0 heterocycles. The number of ether oxygens (including phenoxy) is 1. The number of carbonyl (C=O) groups excluding carboxylic acids is 2. The fraction of sp³-hybridized carbons (Fsp3) is 0.300. The summed E-state index contributed by atoms with van der Waals surface area (Å²) < 4.78 is 18.7. The van der Waals surface area contributed by atoms with Gasteiger partial charge in [-0.3, -0.25) is 9.59 Å². The molecule has 0 spiro atoms. The summed E-state index contributed by atoms with van der Waals surface area (Å²) in [5.74, 6) is -0.402. The summed E-state index contributed by atoms with van der Waals surface area (Å²) in [7, 11) is 1.54. The van der Waals surface area contributed by atoms with Crippen molar-refractivity contribution in [2.45, 2.75) is 19.8 Å². The van der Waals surface area contributed by atoms with Crippen molar-refractivity contribution in [3.05, 3.63) is 59.9 Å². The second-order valence-electron chi connectivity index (χ2n) is 5.95. The summed E-state index contributed by atoms with van der Waals surface area (Å²) in [6.45, 7) is 2.60. The molecule has 0 fully saturated rings. The number of hydrogen-bond acceptors (Lipinski definition) is 3. The topological polar surface area (TPSA) is 58.6 Å². The Morgan fingerprint density at radius 2 is 1.88 bits per heavy atom. The molecule has 0 saturated carbocycles. The van der Waals surface area contributed by atoms with E-state index in [0.717, 1.165) is 12.8 Å². The van der Waals surface area contributed by atoms with E-state index >= 15 is 0 Å². The highest BCUT2D eigenvalue weighted by Gasteiger charge is 2.15. The number of nitrogens with zero attached hydrogens (tertiary/aromatic N) is 1. The number of halogens is 1. The lowest BCUT2D eigenvalue weighted by molar-refractivity contribution is -0.116. The van der Waals surface area contributed by atoms with Crippen LogP contribution >= 0.6 is 0 Å². The van der Waals surface area contributed by atoms with Crippen molar-refractivity contribution in [2.24, 2.45) is 0 Å². The number of amides is 2. The highest BCUT2D eigenvalue weighted by atomic mass is 19.1. The van der Waals surface area contributed by atoms with E-state index in [0.29, 0.717) is 23.6 Å². The number of hydrogen-bond donors (Lipinski definition) is 1. The van der Waals surface area contributed by atoms with Gasteiger partial charge in [-0.25, -0.2) is 4.39 Å². The minimum atomic E-state index is -0.437. The van der Waals surface area contributed by atoms with Gasteiger partial charge in [-0.05, 0) is 48.9 Å². The van der Waals surface area contributed by atoms with E-state index in [2.05, 4.69) is 12.2 Å². The van der Waals surface area contributed by atoms with Crippen molar-refractivity contribution < 1.29 is 18.7 Å². The molecule has 138 valence electrons. The molecule has 0 aliphatic carbocycles. The molecule has 1 N–H and O–H groups in total. The standard InChI is InChI=1S/C20H23FN2O3/c1-3-4-12-26-18-10-8-15(9-11-18)20(25)23(2)14-19(24)22-17-7-5-6-16(21)13-17/h5-11,13H,3-4,12,14H2,1-2H3,(H,22,24).